The highest BCUT2D eigenvalue weighted by Crippen LogP contribution is 2.23. The van der Waals surface area contributed by atoms with Crippen LogP contribution < -0.4 is 10.0 Å². The SMILES string of the molecule is COCCNCCNS(=O)(=O)c1cc(Br)c(F)cc1C. The zero-order valence-electron chi connectivity index (χ0n) is 11.4. The average Bonchev–Trinajstić information content (AvgIpc) is 2.37. The Hall–Kier alpha value is -0.540. The molecule has 0 radical (unpaired) electrons. The first-order chi connectivity index (χ1) is 9.38. The number of sulfonamides is 1. The normalized spacial score (nSPS) is 11.8. The van der Waals surface area contributed by atoms with Gasteiger partial charge < -0.3 is 10.1 Å². The molecule has 114 valence electrons. The van der Waals surface area contributed by atoms with E-state index in [-0.39, 0.29) is 15.9 Å². The van der Waals surface area contributed by atoms with Crippen LogP contribution in [-0.2, 0) is 14.8 Å². The number of halogens is 2. The molecule has 0 amide bonds. The second-order valence-electron chi connectivity index (χ2n) is 4.17. The molecule has 1 aromatic rings. The third kappa shape index (κ3) is 5.10. The second kappa shape index (κ2) is 8.04. The minimum absolute atomic E-state index is 0.0719. The lowest BCUT2D eigenvalue weighted by Gasteiger charge is -2.10. The van der Waals surface area contributed by atoms with Crippen molar-refractivity contribution in [2.24, 2.45) is 0 Å². The molecule has 8 heteroatoms. The molecule has 0 unspecified atom stereocenters. The van der Waals surface area contributed by atoms with Crippen molar-refractivity contribution in [1.29, 1.82) is 0 Å². The van der Waals surface area contributed by atoms with Crippen molar-refractivity contribution in [3.8, 4) is 0 Å². The molecule has 5 nitrogen and oxygen atoms in total. The molecule has 0 aliphatic carbocycles. The third-order valence-electron chi connectivity index (χ3n) is 2.58. The maximum atomic E-state index is 13.3. The second-order valence-corrected chi connectivity index (χ2v) is 6.76. The summed E-state index contributed by atoms with van der Waals surface area (Å²) in [6, 6.07) is 2.46. The van der Waals surface area contributed by atoms with Crippen molar-refractivity contribution in [2.45, 2.75) is 11.8 Å². The lowest BCUT2D eigenvalue weighted by Crippen LogP contribution is -2.33. The molecular formula is C12H18BrFN2O3S. The van der Waals surface area contributed by atoms with E-state index >= 15 is 0 Å². The van der Waals surface area contributed by atoms with Crippen molar-refractivity contribution in [1.82, 2.24) is 10.0 Å². The molecule has 0 atom stereocenters. The number of nitrogens with one attached hydrogen (secondary N) is 2. The number of hydrogen-bond donors (Lipinski definition) is 2. The van der Waals surface area contributed by atoms with Crippen LogP contribution in [0.2, 0.25) is 0 Å². The smallest absolute Gasteiger partial charge is 0.240 e. The number of aryl methyl sites for hydroxylation is 1. The molecule has 0 heterocycles. The quantitative estimate of drug-likeness (QED) is 0.680. The van der Waals surface area contributed by atoms with Crippen LogP contribution in [-0.4, -0.2) is 41.8 Å². The maximum Gasteiger partial charge on any atom is 0.240 e. The Balaban J connectivity index is 2.63. The van der Waals surface area contributed by atoms with E-state index in [2.05, 4.69) is 26.0 Å². The van der Waals surface area contributed by atoms with Gasteiger partial charge in [0.2, 0.25) is 10.0 Å². The van der Waals surface area contributed by atoms with Crippen LogP contribution in [0.3, 0.4) is 0 Å². The van der Waals surface area contributed by atoms with Gasteiger partial charge in [0.1, 0.15) is 5.82 Å². The number of benzene rings is 1. The van der Waals surface area contributed by atoms with Gasteiger partial charge in [0.15, 0.2) is 0 Å². The van der Waals surface area contributed by atoms with Crippen molar-refractivity contribution < 1.29 is 17.5 Å². The van der Waals surface area contributed by atoms with Crippen LogP contribution in [0.4, 0.5) is 4.39 Å². The van der Waals surface area contributed by atoms with E-state index in [1.165, 1.54) is 12.1 Å². The summed E-state index contributed by atoms with van der Waals surface area (Å²) >= 11 is 2.99. The van der Waals surface area contributed by atoms with Crippen LogP contribution >= 0.6 is 15.9 Å². The van der Waals surface area contributed by atoms with E-state index in [1.807, 2.05) is 0 Å². The average molecular weight is 369 g/mol. The summed E-state index contributed by atoms with van der Waals surface area (Å²) in [6.45, 7) is 3.52. The summed E-state index contributed by atoms with van der Waals surface area (Å²) in [6.07, 6.45) is 0. The minimum Gasteiger partial charge on any atom is -0.383 e. The van der Waals surface area contributed by atoms with Gasteiger partial charge in [-0.25, -0.2) is 17.5 Å². The van der Waals surface area contributed by atoms with Crippen molar-refractivity contribution >= 4 is 26.0 Å². The Kier molecular flexibility index (Phi) is 7.04. The van der Waals surface area contributed by atoms with E-state index in [0.717, 1.165) is 0 Å². The molecule has 1 aromatic carbocycles. The van der Waals surface area contributed by atoms with Crippen molar-refractivity contribution in [2.75, 3.05) is 33.4 Å². The van der Waals surface area contributed by atoms with Gasteiger partial charge in [0.25, 0.3) is 0 Å². The predicted octanol–water partition coefficient (Wildman–Crippen LogP) is 1.41. The van der Waals surface area contributed by atoms with Crippen LogP contribution in [0.15, 0.2) is 21.5 Å². The summed E-state index contributed by atoms with van der Waals surface area (Å²) in [7, 11) is -2.04. The molecule has 0 saturated carbocycles. The molecule has 0 bridgehead atoms. The van der Waals surface area contributed by atoms with Crippen LogP contribution in [0.25, 0.3) is 0 Å². The van der Waals surface area contributed by atoms with E-state index < -0.39 is 15.8 Å². The van der Waals surface area contributed by atoms with Gasteiger partial charge in [-0.15, -0.1) is 0 Å². The first-order valence-corrected chi connectivity index (χ1v) is 8.31. The van der Waals surface area contributed by atoms with E-state index in [1.54, 1.807) is 14.0 Å². The molecule has 20 heavy (non-hydrogen) atoms. The zero-order chi connectivity index (χ0) is 15.2. The van der Waals surface area contributed by atoms with Gasteiger partial charge in [-0.05, 0) is 40.5 Å². The molecule has 0 aliphatic rings. The topological polar surface area (TPSA) is 67.4 Å². The number of rotatable bonds is 8. The third-order valence-corrected chi connectivity index (χ3v) is 4.79. The van der Waals surface area contributed by atoms with Gasteiger partial charge in [-0.2, -0.15) is 0 Å². The largest absolute Gasteiger partial charge is 0.383 e. The highest BCUT2D eigenvalue weighted by molar-refractivity contribution is 9.10. The standard InChI is InChI=1S/C12H18BrFN2O3S/c1-9-7-11(14)10(13)8-12(9)20(17,18)16-4-3-15-5-6-19-2/h7-8,15-16H,3-6H2,1-2H3. The Bertz CT molecular complexity index is 552. The lowest BCUT2D eigenvalue weighted by molar-refractivity contribution is 0.199. The monoisotopic (exact) mass is 368 g/mol. The molecule has 2 N–H and O–H groups in total. The number of methoxy groups -OCH3 is 1. The highest BCUT2D eigenvalue weighted by Gasteiger charge is 2.18. The highest BCUT2D eigenvalue weighted by atomic mass is 79.9. The Labute approximate surface area is 127 Å². The van der Waals surface area contributed by atoms with Gasteiger partial charge in [-0.1, -0.05) is 0 Å². The van der Waals surface area contributed by atoms with Gasteiger partial charge in [0.05, 0.1) is 16.0 Å². The Morgan fingerprint density at radius 2 is 2.00 bits per heavy atom. The molecule has 0 aromatic heterocycles. The Morgan fingerprint density at radius 3 is 2.65 bits per heavy atom. The fourth-order valence-electron chi connectivity index (χ4n) is 1.57. The first-order valence-electron chi connectivity index (χ1n) is 6.03. The zero-order valence-corrected chi connectivity index (χ0v) is 13.8. The number of hydrogen-bond acceptors (Lipinski definition) is 4. The molecule has 1 rings (SSSR count). The molecule has 0 spiro atoms. The maximum absolute atomic E-state index is 13.3. The summed E-state index contributed by atoms with van der Waals surface area (Å²) in [5.74, 6) is -0.484. The van der Waals surface area contributed by atoms with E-state index in [0.29, 0.717) is 25.3 Å². The van der Waals surface area contributed by atoms with Crippen LogP contribution in [0.5, 0.6) is 0 Å². The minimum atomic E-state index is -3.64. The first kappa shape index (κ1) is 17.5. The molecular weight excluding hydrogens is 351 g/mol. The fraction of sp³-hybridized carbons (Fsp3) is 0.500. The summed E-state index contributed by atoms with van der Waals surface area (Å²) in [5.41, 5.74) is 0.366. The van der Waals surface area contributed by atoms with Crippen LogP contribution in [0, 0.1) is 12.7 Å². The molecule has 0 aliphatic heterocycles. The van der Waals surface area contributed by atoms with Gasteiger partial charge in [-0.3, -0.25) is 0 Å². The van der Waals surface area contributed by atoms with Gasteiger partial charge >= 0.3 is 0 Å². The van der Waals surface area contributed by atoms with E-state index in [9.17, 15) is 12.8 Å². The lowest BCUT2D eigenvalue weighted by atomic mass is 10.2. The van der Waals surface area contributed by atoms with Gasteiger partial charge in [0, 0.05) is 26.7 Å². The summed E-state index contributed by atoms with van der Waals surface area (Å²) in [4.78, 5) is 0.0719. The predicted molar refractivity (Wildman–Crippen MR) is 78.8 cm³/mol. The van der Waals surface area contributed by atoms with E-state index in [4.69, 9.17) is 4.74 Å². The molecule has 0 fully saturated rings. The number of ether oxygens (including phenoxy) is 1. The molecule has 0 saturated heterocycles. The summed E-state index contributed by atoms with van der Waals surface area (Å²) in [5, 5.41) is 3.02. The Morgan fingerprint density at radius 1 is 1.30 bits per heavy atom. The van der Waals surface area contributed by atoms with Crippen molar-refractivity contribution in [3.05, 3.63) is 28.0 Å². The van der Waals surface area contributed by atoms with Crippen LogP contribution in [0.1, 0.15) is 5.56 Å². The fourth-order valence-corrected chi connectivity index (χ4v) is 3.35. The summed E-state index contributed by atoms with van der Waals surface area (Å²) < 4.78 is 44.9. The van der Waals surface area contributed by atoms with Crippen molar-refractivity contribution in [3.63, 3.8) is 0 Å².